The number of hydrogen-bond donors (Lipinski definition) is 3. The molecule has 3 rings (SSSR count). The molecule has 0 spiro atoms. The molecule has 100 valence electrons. The van der Waals surface area contributed by atoms with E-state index in [0.717, 1.165) is 19.4 Å². The van der Waals surface area contributed by atoms with Crippen LogP contribution in [0.3, 0.4) is 0 Å². The highest BCUT2D eigenvalue weighted by Crippen LogP contribution is 2.16. The third-order valence-corrected chi connectivity index (χ3v) is 3.55. The number of fused-ring (bicyclic) bond motifs is 1. The van der Waals surface area contributed by atoms with Crippen molar-refractivity contribution < 1.29 is 5.11 Å². The standard InChI is InChI=1S/C13H15N3O3/c17-9-3-4-11-10(6-9)12(18)16(13(19)15-11)8-2-1-5-14-7-8/h3-4,6,8,14,17H,1-2,5,7H2,(H,15,19). The van der Waals surface area contributed by atoms with Crippen molar-refractivity contribution >= 4 is 10.9 Å². The van der Waals surface area contributed by atoms with Gasteiger partial charge in [-0.25, -0.2) is 4.79 Å². The molecule has 6 heteroatoms. The molecule has 1 aliphatic rings. The van der Waals surface area contributed by atoms with Crippen LogP contribution in [0.1, 0.15) is 18.9 Å². The Kier molecular flexibility index (Phi) is 2.87. The zero-order chi connectivity index (χ0) is 13.4. The number of aromatic nitrogens is 2. The van der Waals surface area contributed by atoms with Gasteiger partial charge >= 0.3 is 5.69 Å². The molecule has 2 aromatic rings. The maximum absolute atomic E-state index is 12.4. The zero-order valence-corrected chi connectivity index (χ0v) is 10.3. The first-order chi connectivity index (χ1) is 9.16. The second-order valence-corrected chi connectivity index (χ2v) is 4.84. The molecule has 1 aromatic carbocycles. The number of aromatic hydroxyl groups is 1. The van der Waals surface area contributed by atoms with Crippen molar-refractivity contribution in [1.29, 1.82) is 0 Å². The monoisotopic (exact) mass is 261 g/mol. The van der Waals surface area contributed by atoms with Crippen LogP contribution >= 0.6 is 0 Å². The van der Waals surface area contributed by atoms with Crippen LogP contribution in [0.15, 0.2) is 27.8 Å². The van der Waals surface area contributed by atoms with E-state index in [4.69, 9.17) is 0 Å². The maximum Gasteiger partial charge on any atom is 0.329 e. The topological polar surface area (TPSA) is 87.1 Å². The number of aromatic amines is 1. The van der Waals surface area contributed by atoms with E-state index >= 15 is 0 Å². The summed E-state index contributed by atoms with van der Waals surface area (Å²) in [4.78, 5) is 27.2. The predicted molar refractivity (Wildman–Crippen MR) is 71.6 cm³/mol. The summed E-state index contributed by atoms with van der Waals surface area (Å²) < 4.78 is 1.26. The first-order valence-electron chi connectivity index (χ1n) is 6.35. The number of benzene rings is 1. The van der Waals surface area contributed by atoms with Gasteiger partial charge in [0.1, 0.15) is 5.75 Å². The van der Waals surface area contributed by atoms with Crippen molar-refractivity contribution in [3.05, 3.63) is 39.0 Å². The van der Waals surface area contributed by atoms with Crippen LogP contribution < -0.4 is 16.6 Å². The SMILES string of the molecule is O=c1[nH]c2ccc(O)cc2c(=O)n1C1CCCNC1. The molecule has 2 heterocycles. The summed E-state index contributed by atoms with van der Waals surface area (Å²) in [7, 11) is 0. The molecule has 1 atom stereocenters. The Morgan fingerprint density at radius 1 is 1.32 bits per heavy atom. The summed E-state index contributed by atoms with van der Waals surface area (Å²) in [5, 5.41) is 13.0. The van der Waals surface area contributed by atoms with Gasteiger partial charge < -0.3 is 15.4 Å². The molecule has 1 unspecified atom stereocenters. The van der Waals surface area contributed by atoms with Gasteiger partial charge in [-0.15, -0.1) is 0 Å². The van der Waals surface area contributed by atoms with E-state index in [0.29, 0.717) is 17.4 Å². The molecule has 0 bridgehead atoms. The molecule has 0 radical (unpaired) electrons. The lowest BCUT2D eigenvalue weighted by molar-refractivity contribution is 0.355. The molecule has 1 aromatic heterocycles. The van der Waals surface area contributed by atoms with Gasteiger partial charge in [0, 0.05) is 6.54 Å². The molecule has 3 N–H and O–H groups in total. The summed E-state index contributed by atoms with van der Waals surface area (Å²) in [5.41, 5.74) is -0.284. The number of phenols is 1. The van der Waals surface area contributed by atoms with Gasteiger partial charge in [-0.3, -0.25) is 9.36 Å². The minimum Gasteiger partial charge on any atom is -0.508 e. The van der Waals surface area contributed by atoms with E-state index in [9.17, 15) is 14.7 Å². The van der Waals surface area contributed by atoms with E-state index in [1.54, 1.807) is 0 Å². The molecule has 1 aliphatic heterocycles. The summed E-state index contributed by atoms with van der Waals surface area (Å²) in [5.74, 6) is 0.0185. The smallest absolute Gasteiger partial charge is 0.329 e. The normalized spacial score (nSPS) is 19.7. The Morgan fingerprint density at radius 2 is 2.16 bits per heavy atom. The highest BCUT2D eigenvalue weighted by molar-refractivity contribution is 5.78. The van der Waals surface area contributed by atoms with Crippen molar-refractivity contribution in [2.45, 2.75) is 18.9 Å². The van der Waals surface area contributed by atoms with Gasteiger partial charge in [0.15, 0.2) is 0 Å². The Labute approximate surface area is 108 Å². The van der Waals surface area contributed by atoms with Gasteiger partial charge in [-0.2, -0.15) is 0 Å². The predicted octanol–water partition coefficient (Wildman–Crippen LogP) is 0.320. The van der Waals surface area contributed by atoms with Gasteiger partial charge in [0.2, 0.25) is 0 Å². The number of nitrogens with one attached hydrogen (secondary N) is 2. The Morgan fingerprint density at radius 3 is 2.89 bits per heavy atom. The largest absolute Gasteiger partial charge is 0.508 e. The fraction of sp³-hybridized carbons (Fsp3) is 0.385. The number of rotatable bonds is 1. The number of hydrogen-bond acceptors (Lipinski definition) is 4. The first-order valence-corrected chi connectivity index (χ1v) is 6.35. The molecule has 1 fully saturated rings. The van der Waals surface area contributed by atoms with Crippen LogP contribution in [0, 0.1) is 0 Å². The third-order valence-electron chi connectivity index (χ3n) is 3.55. The Hall–Kier alpha value is -2.08. The fourth-order valence-corrected chi connectivity index (χ4v) is 2.60. The van der Waals surface area contributed by atoms with Crippen molar-refractivity contribution in [3.63, 3.8) is 0 Å². The van der Waals surface area contributed by atoms with Gasteiger partial charge in [-0.05, 0) is 37.6 Å². The third kappa shape index (κ3) is 2.04. The van der Waals surface area contributed by atoms with Gasteiger partial charge in [0.05, 0.1) is 16.9 Å². The number of phenolic OH excluding ortho intramolecular Hbond substituents is 1. The second kappa shape index (κ2) is 4.55. The number of nitrogens with zero attached hydrogens (tertiary/aromatic N) is 1. The first kappa shape index (κ1) is 12.0. The highest BCUT2D eigenvalue weighted by Gasteiger charge is 2.19. The maximum atomic E-state index is 12.4. The van der Waals surface area contributed by atoms with E-state index in [2.05, 4.69) is 10.3 Å². The van der Waals surface area contributed by atoms with Gasteiger partial charge in [-0.1, -0.05) is 0 Å². The molecule has 0 amide bonds. The van der Waals surface area contributed by atoms with E-state index in [1.165, 1.54) is 22.8 Å². The summed E-state index contributed by atoms with van der Waals surface area (Å²) in [6.45, 7) is 1.53. The van der Waals surface area contributed by atoms with Crippen LogP contribution in [0.4, 0.5) is 0 Å². The highest BCUT2D eigenvalue weighted by atomic mass is 16.3. The molecule has 1 saturated heterocycles. The van der Waals surface area contributed by atoms with Crippen molar-refractivity contribution in [2.75, 3.05) is 13.1 Å². The van der Waals surface area contributed by atoms with Crippen LogP contribution in [0.25, 0.3) is 10.9 Å². The summed E-state index contributed by atoms with van der Waals surface area (Å²) in [6, 6.07) is 4.25. The Balaban J connectivity index is 2.24. The van der Waals surface area contributed by atoms with Crippen LogP contribution in [0.2, 0.25) is 0 Å². The van der Waals surface area contributed by atoms with E-state index < -0.39 is 5.69 Å². The van der Waals surface area contributed by atoms with Crippen molar-refractivity contribution in [1.82, 2.24) is 14.9 Å². The average Bonchev–Trinajstić information content (AvgIpc) is 2.41. The summed E-state index contributed by atoms with van der Waals surface area (Å²) >= 11 is 0. The lowest BCUT2D eigenvalue weighted by Gasteiger charge is -2.24. The van der Waals surface area contributed by atoms with Gasteiger partial charge in [0.25, 0.3) is 5.56 Å². The number of piperidine rings is 1. The van der Waals surface area contributed by atoms with Crippen molar-refractivity contribution in [3.8, 4) is 5.75 Å². The molecule has 0 aliphatic carbocycles. The molecular weight excluding hydrogens is 246 g/mol. The second-order valence-electron chi connectivity index (χ2n) is 4.84. The molecule has 19 heavy (non-hydrogen) atoms. The van der Waals surface area contributed by atoms with E-state index in [1.807, 2.05) is 0 Å². The average molecular weight is 261 g/mol. The van der Waals surface area contributed by atoms with Crippen LogP contribution in [-0.4, -0.2) is 27.7 Å². The van der Waals surface area contributed by atoms with Crippen LogP contribution in [0.5, 0.6) is 5.75 Å². The zero-order valence-electron chi connectivity index (χ0n) is 10.3. The minimum atomic E-state index is -0.392. The Bertz CT molecular complexity index is 726. The molecular formula is C13H15N3O3. The molecule has 6 nitrogen and oxygen atoms in total. The number of H-pyrrole nitrogens is 1. The van der Waals surface area contributed by atoms with E-state index in [-0.39, 0.29) is 17.4 Å². The quantitative estimate of drug-likeness (QED) is 0.690. The lowest BCUT2D eigenvalue weighted by atomic mass is 10.1. The van der Waals surface area contributed by atoms with Crippen molar-refractivity contribution in [2.24, 2.45) is 0 Å². The molecule has 0 saturated carbocycles. The van der Waals surface area contributed by atoms with Crippen LogP contribution in [-0.2, 0) is 0 Å². The lowest BCUT2D eigenvalue weighted by Crippen LogP contribution is -2.43. The minimum absolute atomic E-state index is 0.0185. The fourth-order valence-electron chi connectivity index (χ4n) is 2.60. The summed E-state index contributed by atoms with van der Waals surface area (Å²) in [6.07, 6.45) is 1.74.